The number of rotatable bonds is 7. The van der Waals surface area contributed by atoms with Gasteiger partial charge in [-0.1, -0.05) is 25.5 Å². The number of fused-ring (bicyclic) bond motifs is 1. The number of carbonyl (C=O) groups excluding carboxylic acids is 1. The van der Waals surface area contributed by atoms with E-state index in [9.17, 15) is 9.18 Å². The number of halogens is 1. The Morgan fingerprint density at radius 1 is 1.16 bits per heavy atom. The van der Waals surface area contributed by atoms with E-state index in [1.54, 1.807) is 18.3 Å². The summed E-state index contributed by atoms with van der Waals surface area (Å²) in [4.78, 5) is 18.1. The summed E-state index contributed by atoms with van der Waals surface area (Å²) in [5, 5.41) is 3.94. The molecule has 4 rings (SSSR count). The van der Waals surface area contributed by atoms with Crippen molar-refractivity contribution in [1.82, 2.24) is 4.98 Å². The van der Waals surface area contributed by atoms with Gasteiger partial charge in [0.1, 0.15) is 17.1 Å². The van der Waals surface area contributed by atoms with Crippen LogP contribution in [0.4, 0.5) is 10.1 Å². The van der Waals surface area contributed by atoms with Gasteiger partial charge in [-0.15, -0.1) is 0 Å². The van der Waals surface area contributed by atoms with Crippen LogP contribution in [0.25, 0.3) is 10.9 Å². The van der Waals surface area contributed by atoms with Crippen LogP contribution in [0.2, 0.25) is 0 Å². The highest BCUT2D eigenvalue weighted by Gasteiger charge is 2.42. The Labute approximate surface area is 181 Å². The lowest BCUT2D eigenvalue weighted by Crippen LogP contribution is -2.44. The van der Waals surface area contributed by atoms with Crippen LogP contribution in [0.3, 0.4) is 0 Å². The van der Waals surface area contributed by atoms with Gasteiger partial charge >= 0.3 is 0 Å². The molecule has 0 bridgehead atoms. The first-order chi connectivity index (χ1) is 15.1. The molecule has 2 aromatic carbocycles. The third kappa shape index (κ3) is 4.39. The predicted octanol–water partition coefficient (Wildman–Crippen LogP) is 5.24. The lowest BCUT2D eigenvalue weighted by atomic mass is 9.73. The Morgan fingerprint density at radius 3 is 2.68 bits per heavy atom. The molecule has 2 heterocycles. The Kier molecular flexibility index (Phi) is 6.47. The highest BCUT2D eigenvalue weighted by molar-refractivity contribution is 6.06. The van der Waals surface area contributed by atoms with Crippen LogP contribution in [-0.4, -0.2) is 30.7 Å². The number of pyridine rings is 1. The summed E-state index contributed by atoms with van der Waals surface area (Å²) in [7, 11) is 0. The maximum absolute atomic E-state index is 13.6. The fourth-order valence-corrected chi connectivity index (χ4v) is 4.08. The third-order valence-electron chi connectivity index (χ3n) is 5.91. The Balaban J connectivity index is 1.66. The second-order valence-corrected chi connectivity index (χ2v) is 7.87. The van der Waals surface area contributed by atoms with Crippen molar-refractivity contribution in [3.05, 3.63) is 66.1 Å². The number of hydrogen-bond donors (Lipinski definition) is 1. The molecule has 1 aromatic heterocycles. The summed E-state index contributed by atoms with van der Waals surface area (Å²) in [6.07, 6.45) is 4.82. The van der Waals surface area contributed by atoms with Crippen molar-refractivity contribution in [2.24, 2.45) is 0 Å². The van der Waals surface area contributed by atoms with Crippen molar-refractivity contribution in [2.45, 2.75) is 38.0 Å². The summed E-state index contributed by atoms with van der Waals surface area (Å²) >= 11 is 0. The van der Waals surface area contributed by atoms with Crippen LogP contribution < -0.4 is 10.1 Å². The molecule has 3 aromatic rings. The standard InChI is InChI=1S/C25H27FN2O3/c1-2-3-15-31-22-11-10-21(20-5-4-14-27-23(20)22)28-24(29)25(12-16-30-17-13-25)18-6-8-19(26)9-7-18/h4-11,14H,2-3,12-13,15-17H2,1H3,(H,28,29). The first-order valence-corrected chi connectivity index (χ1v) is 10.8. The molecule has 1 N–H and O–H groups in total. The fraction of sp³-hybridized carbons (Fsp3) is 0.360. The van der Waals surface area contributed by atoms with E-state index in [0.29, 0.717) is 44.1 Å². The summed E-state index contributed by atoms with van der Waals surface area (Å²) in [6.45, 7) is 3.71. The molecule has 162 valence electrons. The molecule has 0 spiro atoms. The average molecular weight is 423 g/mol. The van der Waals surface area contributed by atoms with E-state index in [-0.39, 0.29) is 11.7 Å². The van der Waals surface area contributed by atoms with Crippen molar-refractivity contribution in [3.8, 4) is 5.75 Å². The van der Waals surface area contributed by atoms with Crippen LogP contribution in [0.1, 0.15) is 38.2 Å². The van der Waals surface area contributed by atoms with Crippen LogP contribution in [0, 0.1) is 5.82 Å². The molecule has 0 unspecified atom stereocenters. The van der Waals surface area contributed by atoms with Crippen molar-refractivity contribution in [3.63, 3.8) is 0 Å². The molecule has 31 heavy (non-hydrogen) atoms. The van der Waals surface area contributed by atoms with Gasteiger partial charge in [0.15, 0.2) is 0 Å². The predicted molar refractivity (Wildman–Crippen MR) is 119 cm³/mol. The topological polar surface area (TPSA) is 60.5 Å². The van der Waals surface area contributed by atoms with Crippen LogP contribution in [0.15, 0.2) is 54.7 Å². The molecule has 0 atom stereocenters. The number of nitrogens with one attached hydrogen (secondary N) is 1. The Hall–Kier alpha value is -2.99. The second kappa shape index (κ2) is 9.43. The van der Waals surface area contributed by atoms with Gasteiger partial charge in [-0.25, -0.2) is 4.39 Å². The zero-order chi connectivity index (χ0) is 21.7. The molecule has 6 heteroatoms. The van der Waals surface area contributed by atoms with Gasteiger partial charge in [0.2, 0.25) is 5.91 Å². The van der Waals surface area contributed by atoms with Gasteiger partial charge in [0, 0.05) is 24.8 Å². The smallest absolute Gasteiger partial charge is 0.235 e. The third-order valence-corrected chi connectivity index (χ3v) is 5.91. The minimum atomic E-state index is -0.767. The minimum absolute atomic E-state index is 0.118. The van der Waals surface area contributed by atoms with Gasteiger partial charge in [-0.3, -0.25) is 9.78 Å². The van der Waals surface area contributed by atoms with Gasteiger partial charge in [0.25, 0.3) is 0 Å². The van der Waals surface area contributed by atoms with Crippen molar-refractivity contribution in [2.75, 3.05) is 25.1 Å². The van der Waals surface area contributed by atoms with E-state index in [1.165, 1.54) is 12.1 Å². The minimum Gasteiger partial charge on any atom is -0.491 e. The van der Waals surface area contributed by atoms with Crippen LogP contribution in [-0.2, 0) is 14.9 Å². The van der Waals surface area contributed by atoms with Crippen molar-refractivity contribution < 1.29 is 18.7 Å². The van der Waals surface area contributed by atoms with E-state index in [4.69, 9.17) is 9.47 Å². The first kappa shape index (κ1) is 21.2. The summed E-state index contributed by atoms with van der Waals surface area (Å²) < 4.78 is 24.9. The van der Waals surface area contributed by atoms with E-state index in [2.05, 4.69) is 17.2 Å². The van der Waals surface area contributed by atoms with E-state index >= 15 is 0 Å². The molecular formula is C25H27FN2O3. The van der Waals surface area contributed by atoms with Gasteiger partial charge < -0.3 is 14.8 Å². The monoisotopic (exact) mass is 422 g/mol. The number of carbonyl (C=O) groups is 1. The van der Waals surface area contributed by atoms with Crippen molar-refractivity contribution >= 4 is 22.5 Å². The molecule has 5 nitrogen and oxygen atoms in total. The molecule has 1 aliphatic rings. The quantitative estimate of drug-likeness (QED) is 0.529. The molecule has 1 fully saturated rings. The number of amides is 1. The largest absolute Gasteiger partial charge is 0.491 e. The summed E-state index contributed by atoms with van der Waals surface area (Å²) in [5.41, 5.74) is 1.44. The van der Waals surface area contributed by atoms with Crippen molar-refractivity contribution in [1.29, 1.82) is 0 Å². The summed E-state index contributed by atoms with van der Waals surface area (Å²) in [5.74, 6) is 0.274. The normalized spacial score (nSPS) is 15.5. The lowest BCUT2D eigenvalue weighted by Gasteiger charge is -2.36. The molecule has 0 aliphatic carbocycles. The summed E-state index contributed by atoms with van der Waals surface area (Å²) in [6, 6.07) is 13.7. The number of ether oxygens (including phenoxy) is 2. The molecule has 1 aliphatic heterocycles. The number of nitrogens with zero attached hydrogens (tertiary/aromatic N) is 1. The van der Waals surface area contributed by atoms with E-state index in [1.807, 2.05) is 24.3 Å². The first-order valence-electron chi connectivity index (χ1n) is 10.8. The van der Waals surface area contributed by atoms with Gasteiger partial charge in [-0.05, 0) is 61.2 Å². The average Bonchev–Trinajstić information content (AvgIpc) is 2.81. The van der Waals surface area contributed by atoms with Gasteiger partial charge in [0.05, 0.1) is 17.7 Å². The maximum Gasteiger partial charge on any atom is 0.235 e. The second-order valence-electron chi connectivity index (χ2n) is 7.87. The van der Waals surface area contributed by atoms with Crippen LogP contribution in [0.5, 0.6) is 5.75 Å². The number of aromatic nitrogens is 1. The molecular weight excluding hydrogens is 395 g/mol. The highest BCUT2D eigenvalue weighted by atomic mass is 19.1. The zero-order valence-electron chi connectivity index (χ0n) is 17.7. The Bertz CT molecular complexity index is 1050. The van der Waals surface area contributed by atoms with E-state index in [0.717, 1.165) is 29.3 Å². The number of hydrogen-bond acceptors (Lipinski definition) is 4. The lowest BCUT2D eigenvalue weighted by molar-refractivity contribution is -0.125. The molecule has 1 saturated heterocycles. The number of anilines is 1. The molecule has 0 saturated carbocycles. The SMILES string of the molecule is CCCCOc1ccc(NC(=O)C2(c3ccc(F)cc3)CCOCC2)c2cccnc12. The van der Waals surface area contributed by atoms with Gasteiger partial charge in [-0.2, -0.15) is 0 Å². The highest BCUT2D eigenvalue weighted by Crippen LogP contribution is 2.38. The Morgan fingerprint density at radius 2 is 1.94 bits per heavy atom. The van der Waals surface area contributed by atoms with Crippen LogP contribution >= 0.6 is 0 Å². The molecule has 0 radical (unpaired) electrons. The number of benzene rings is 2. The maximum atomic E-state index is 13.6. The molecule has 1 amide bonds. The zero-order valence-corrected chi connectivity index (χ0v) is 17.7. The fourth-order valence-electron chi connectivity index (χ4n) is 4.08. The van der Waals surface area contributed by atoms with E-state index < -0.39 is 5.41 Å². The number of unbranched alkanes of at least 4 members (excludes halogenated alkanes) is 1.